The van der Waals surface area contributed by atoms with Crippen LogP contribution in [-0.2, 0) is 9.53 Å². The number of nitrogens with zero attached hydrogens (tertiary/aromatic N) is 1. The van der Waals surface area contributed by atoms with Gasteiger partial charge >= 0.3 is 0 Å². The largest absolute Gasteiger partial charge is 0.364 e. The molecule has 0 aliphatic carbocycles. The van der Waals surface area contributed by atoms with Crippen LogP contribution in [0, 0.1) is 11.8 Å². The van der Waals surface area contributed by atoms with Gasteiger partial charge in [-0.2, -0.15) is 0 Å². The van der Waals surface area contributed by atoms with Gasteiger partial charge < -0.3 is 20.7 Å². The number of hydrogen-bond donors (Lipinski definition) is 2. The Bertz CT molecular complexity index is 341. The van der Waals surface area contributed by atoms with Gasteiger partial charge in [-0.05, 0) is 63.6 Å². The van der Waals surface area contributed by atoms with Crippen LogP contribution in [0.15, 0.2) is 0 Å². The molecule has 0 unspecified atom stereocenters. The van der Waals surface area contributed by atoms with Gasteiger partial charge in [0, 0.05) is 13.1 Å². The first-order chi connectivity index (χ1) is 10.6. The standard InChI is InChI=1S/C17H33N3O2/c1-13(2)5-8-20-9-6-14(7-10-20)12-19-17(21)16-4-3-15(11-18)22-16/h13-16H,3-12,18H2,1-2H3,(H,19,21)/t15-,16+/m1/s1. The Morgan fingerprint density at radius 2 is 2.00 bits per heavy atom. The Kier molecular flexibility index (Phi) is 7.12. The molecule has 5 heteroatoms. The van der Waals surface area contributed by atoms with Crippen LogP contribution < -0.4 is 11.1 Å². The number of hydrogen-bond acceptors (Lipinski definition) is 4. The summed E-state index contributed by atoms with van der Waals surface area (Å²) in [5, 5.41) is 3.08. The summed E-state index contributed by atoms with van der Waals surface area (Å²) < 4.78 is 5.64. The van der Waals surface area contributed by atoms with Crippen LogP contribution in [0.2, 0.25) is 0 Å². The first-order valence-corrected chi connectivity index (χ1v) is 8.94. The van der Waals surface area contributed by atoms with E-state index in [1.54, 1.807) is 0 Å². The highest BCUT2D eigenvalue weighted by molar-refractivity contribution is 5.81. The topological polar surface area (TPSA) is 67.6 Å². The maximum Gasteiger partial charge on any atom is 0.249 e. The van der Waals surface area contributed by atoms with Crippen molar-refractivity contribution in [2.75, 3.05) is 32.7 Å². The van der Waals surface area contributed by atoms with Crippen LogP contribution in [0.1, 0.15) is 46.0 Å². The Morgan fingerprint density at radius 1 is 1.27 bits per heavy atom. The summed E-state index contributed by atoms with van der Waals surface area (Å²) in [6.07, 6.45) is 5.16. The fraction of sp³-hybridized carbons (Fsp3) is 0.941. The van der Waals surface area contributed by atoms with Gasteiger partial charge in [0.25, 0.3) is 0 Å². The first-order valence-electron chi connectivity index (χ1n) is 8.94. The van der Waals surface area contributed by atoms with Gasteiger partial charge in [0.15, 0.2) is 0 Å². The molecule has 2 aliphatic rings. The van der Waals surface area contributed by atoms with Gasteiger partial charge in [-0.3, -0.25) is 4.79 Å². The SMILES string of the molecule is CC(C)CCN1CCC(CNC(=O)[C@@H]2CC[C@H](CN)O2)CC1. The number of ether oxygens (including phenoxy) is 1. The fourth-order valence-electron chi connectivity index (χ4n) is 3.29. The van der Waals surface area contributed by atoms with E-state index in [-0.39, 0.29) is 18.1 Å². The summed E-state index contributed by atoms with van der Waals surface area (Å²) in [5.41, 5.74) is 5.58. The smallest absolute Gasteiger partial charge is 0.249 e. The summed E-state index contributed by atoms with van der Waals surface area (Å²) in [4.78, 5) is 14.7. The lowest BCUT2D eigenvalue weighted by Gasteiger charge is -2.32. The molecule has 0 aromatic carbocycles. The van der Waals surface area contributed by atoms with Crippen molar-refractivity contribution >= 4 is 5.91 Å². The van der Waals surface area contributed by atoms with Crippen molar-refractivity contribution in [1.29, 1.82) is 0 Å². The van der Waals surface area contributed by atoms with Crippen LogP contribution in [0.5, 0.6) is 0 Å². The Labute approximate surface area is 134 Å². The number of carbonyl (C=O) groups is 1. The van der Waals surface area contributed by atoms with E-state index in [4.69, 9.17) is 10.5 Å². The number of nitrogens with two attached hydrogens (primary N) is 1. The van der Waals surface area contributed by atoms with Gasteiger partial charge in [-0.15, -0.1) is 0 Å². The molecule has 2 rings (SSSR count). The maximum atomic E-state index is 12.1. The van der Waals surface area contributed by atoms with E-state index in [1.807, 2.05) is 0 Å². The van der Waals surface area contributed by atoms with Gasteiger partial charge in [0.1, 0.15) is 6.10 Å². The average Bonchev–Trinajstić information content (AvgIpc) is 3.00. The van der Waals surface area contributed by atoms with E-state index in [2.05, 4.69) is 24.1 Å². The lowest BCUT2D eigenvalue weighted by molar-refractivity contribution is -0.132. The molecular weight excluding hydrogens is 278 g/mol. The average molecular weight is 311 g/mol. The second-order valence-electron chi connectivity index (χ2n) is 7.27. The van der Waals surface area contributed by atoms with Gasteiger partial charge in [0.2, 0.25) is 5.91 Å². The van der Waals surface area contributed by atoms with E-state index in [0.717, 1.165) is 25.3 Å². The predicted molar refractivity (Wildman–Crippen MR) is 88.6 cm³/mol. The molecule has 0 aromatic rings. The quantitative estimate of drug-likeness (QED) is 0.745. The lowest BCUT2D eigenvalue weighted by Crippen LogP contribution is -2.42. The van der Waals surface area contributed by atoms with Crippen molar-refractivity contribution in [3.05, 3.63) is 0 Å². The third-order valence-corrected chi connectivity index (χ3v) is 4.96. The van der Waals surface area contributed by atoms with Gasteiger partial charge in [-0.1, -0.05) is 13.8 Å². The minimum absolute atomic E-state index is 0.0539. The van der Waals surface area contributed by atoms with Crippen molar-refractivity contribution in [3.8, 4) is 0 Å². The van der Waals surface area contributed by atoms with Crippen LogP contribution in [0.4, 0.5) is 0 Å². The zero-order valence-corrected chi connectivity index (χ0v) is 14.2. The number of amides is 1. The van der Waals surface area contributed by atoms with Crippen LogP contribution in [0.3, 0.4) is 0 Å². The molecule has 2 atom stereocenters. The predicted octanol–water partition coefficient (Wildman–Crippen LogP) is 1.37. The van der Waals surface area contributed by atoms with E-state index in [1.165, 1.54) is 38.9 Å². The number of piperidine rings is 1. The minimum atomic E-state index is -0.278. The van der Waals surface area contributed by atoms with Crippen molar-refractivity contribution in [1.82, 2.24) is 10.2 Å². The summed E-state index contributed by atoms with van der Waals surface area (Å²) in [5.74, 6) is 1.45. The van der Waals surface area contributed by atoms with E-state index in [9.17, 15) is 4.79 Å². The fourth-order valence-corrected chi connectivity index (χ4v) is 3.29. The molecule has 2 fully saturated rings. The van der Waals surface area contributed by atoms with E-state index >= 15 is 0 Å². The molecule has 2 heterocycles. The second kappa shape index (κ2) is 8.85. The third-order valence-electron chi connectivity index (χ3n) is 4.96. The summed E-state index contributed by atoms with van der Waals surface area (Å²) in [6.45, 7) is 9.42. The molecule has 128 valence electrons. The number of rotatable bonds is 7. The highest BCUT2D eigenvalue weighted by atomic mass is 16.5. The second-order valence-corrected chi connectivity index (χ2v) is 7.27. The van der Waals surface area contributed by atoms with Crippen LogP contribution in [0.25, 0.3) is 0 Å². The minimum Gasteiger partial charge on any atom is -0.364 e. The highest BCUT2D eigenvalue weighted by Gasteiger charge is 2.30. The van der Waals surface area contributed by atoms with E-state index < -0.39 is 0 Å². The van der Waals surface area contributed by atoms with Crippen molar-refractivity contribution in [2.45, 2.75) is 58.2 Å². The molecule has 0 aromatic heterocycles. The lowest BCUT2D eigenvalue weighted by atomic mass is 9.96. The zero-order valence-electron chi connectivity index (χ0n) is 14.2. The first kappa shape index (κ1) is 17.7. The molecule has 0 spiro atoms. The highest BCUT2D eigenvalue weighted by Crippen LogP contribution is 2.20. The summed E-state index contributed by atoms with van der Waals surface area (Å²) >= 11 is 0. The molecular formula is C17H33N3O2. The molecule has 2 saturated heterocycles. The third kappa shape index (κ3) is 5.52. The van der Waals surface area contributed by atoms with Gasteiger partial charge in [-0.25, -0.2) is 0 Å². The molecule has 3 N–H and O–H groups in total. The molecule has 2 aliphatic heterocycles. The molecule has 22 heavy (non-hydrogen) atoms. The van der Waals surface area contributed by atoms with Gasteiger partial charge in [0.05, 0.1) is 6.10 Å². The van der Waals surface area contributed by atoms with Crippen molar-refractivity contribution in [3.63, 3.8) is 0 Å². The van der Waals surface area contributed by atoms with Crippen LogP contribution in [-0.4, -0.2) is 55.7 Å². The van der Waals surface area contributed by atoms with Crippen LogP contribution >= 0.6 is 0 Å². The van der Waals surface area contributed by atoms with E-state index in [0.29, 0.717) is 12.5 Å². The molecule has 0 saturated carbocycles. The number of carbonyl (C=O) groups excluding carboxylic acids is 1. The molecule has 0 radical (unpaired) electrons. The monoisotopic (exact) mass is 311 g/mol. The molecule has 0 bridgehead atoms. The van der Waals surface area contributed by atoms with Crippen molar-refractivity contribution in [2.24, 2.45) is 17.6 Å². The zero-order chi connectivity index (χ0) is 15.9. The maximum absolute atomic E-state index is 12.1. The molecule has 5 nitrogen and oxygen atoms in total. The Balaban J connectivity index is 1.59. The summed E-state index contributed by atoms with van der Waals surface area (Å²) in [7, 11) is 0. The number of likely N-dealkylation sites (tertiary alicyclic amines) is 1. The Hall–Kier alpha value is -0.650. The summed E-state index contributed by atoms with van der Waals surface area (Å²) in [6, 6.07) is 0. The van der Waals surface area contributed by atoms with Crippen molar-refractivity contribution < 1.29 is 9.53 Å². The Morgan fingerprint density at radius 3 is 2.59 bits per heavy atom. The normalized spacial score (nSPS) is 27.5. The molecule has 1 amide bonds. The number of nitrogens with one attached hydrogen (secondary N) is 1.